The number of nitrogens with one attached hydrogen (secondary N) is 2. The van der Waals surface area contributed by atoms with Gasteiger partial charge in [0, 0.05) is 16.6 Å². The molecule has 0 aliphatic carbocycles. The number of hydrogen-bond acceptors (Lipinski definition) is 3. The van der Waals surface area contributed by atoms with Crippen molar-refractivity contribution in [2.45, 2.75) is 31.2 Å². The molecule has 0 spiro atoms. The molecule has 0 aliphatic rings. The van der Waals surface area contributed by atoms with E-state index in [0.29, 0.717) is 6.42 Å². The molecule has 5 nitrogen and oxygen atoms in total. The van der Waals surface area contributed by atoms with E-state index >= 15 is 0 Å². The van der Waals surface area contributed by atoms with E-state index in [2.05, 4.69) is 10.0 Å². The highest BCUT2D eigenvalue weighted by Gasteiger charge is 2.17. The second kappa shape index (κ2) is 7.95. The van der Waals surface area contributed by atoms with E-state index in [4.69, 9.17) is 11.6 Å². The molecule has 1 atom stereocenters. The number of carbonyl (C=O) groups excluding carboxylic acids is 1. The van der Waals surface area contributed by atoms with Crippen molar-refractivity contribution in [1.29, 1.82) is 0 Å². The first-order valence-electron chi connectivity index (χ1n) is 7.61. The van der Waals surface area contributed by atoms with Crippen LogP contribution in [0, 0.1) is 5.82 Å². The Balaban J connectivity index is 2.15. The van der Waals surface area contributed by atoms with Crippen molar-refractivity contribution in [2.24, 2.45) is 0 Å². The van der Waals surface area contributed by atoms with Crippen LogP contribution in [0.1, 0.15) is 30.6 Å². The average Bonchev–Trinajstić information content (AvgIpc) is 2.57. The second-order valence-electron chi connectivity index (χ2n) is 5.53. The molecule has 0 saturated heterocycles. The van der Waals surface area contributed by atoms with E-state index < -0.39 is 21.7 Å². The van der Waals surface area contributed by atoms with E-state index in [0.717, 1.165) is 6.07 Å². The van der Waals surface area contributed by atoms with Crippen molar-refractivity contribution in [3.05, 3.63) is 58.9 Å². The minimum atomic E-state index is -3.64. The molecule has 0 fully saturated rings. The van der Waals surface area contributed by atoms with Gasteiger partial charge in [0.05, 0.1) is 10.6 Å². The Morgan fingerprint density at radius 3 is 2.40 bits per heavy atom. The highest BCUT2D eigenvalue weighted by atomic mass is 35.5. The topological polar surface area (TPSA) is 75.3 Å². The van der Waals surface area contributed by atoms with Gasteiger partial charge in [-0.05, 0) is 55.8 Å². The Bertz CT molecular complexity index is 870. The van der Waals surface area contributed by atoms with Gasteiger partial charge in [0.1, 0.15) is 5.82 Å². The summed E-state index contributed by atoms with van der Waals surface area (Å²) >= 11 is 5.66. The van der Waals surface area contributed by atoms with Gasteiger partial charge in [-0.15, -0.1) is 0 Å². The summed E-state index contributed by atoms with van der Waals surface area (Å²) in [6.07, 6.45) is 0.659. The highest BCUT2D eigenvalue weighted by Crippen LogP contribution is 2.20. The summed E-state index contributed by atoms with van der Waals surface area (Å²) in [5.74, 6) is -1.21. The fourth-order valence-corrected chi connectivity index (χ4v) is 3.47. The normalized spacial score (nSPS) is 12.6. The van der Waals surface area contributed by atoms with Crippen LogP contribution in [0.25, 0.3) is 0 Å². The molecule has 0 bridgehead atoms. The molecule has 25 heavy (non-hydrogen) atoms. The van der Waals surface area contributed by atoms with E-state index in [9.17, 15) is 17.6 Å². The Morgan fingerprint density at radius 1 is 1.20 bits per heavy atom. The zero-order valence-electron chi connectivity index (χ0n) is 13.7. The lowest BCUT2D eigenvalue weighted by Gasteiger charge is -2.12. The maximum atomic E-state index is 13.7. The second-order valence-corrected chi connectivity index (χ2v) is 7.68. The van der Waals surface area contributed by atoms with Crippen molar-refractivity contribution >= 4 is 33.2 Å². The number of rotatable bonds is 6. The van der Waals surface area contributed by atoms with Crippen molar-refractivity contribution < 1.29 is 17.6 Å². The first-order chi connectivity index (χ1) is 11.7. The summed E-state index contributed by atoms with van der Waals surface area (Å²) < 4.78 is 40.6. The van der Waals surface area contributed by atoms with Crippen LogP contribution in [0.2, 0.25) is 5.02 Å². The van der Waals surface area contributed by atoms with E-state index in [1.54, 1.807) is 6.92 Å². The maximum Gasteiger partial charge on any atom is 0.255 e. The predicted octanol–water partition coefficient (Wildman–Crippen LogP) is 3.81. The lowest BCUT2D eigenvalue weighted by molar-refractivity contribution is 0.102. The van der Waals surface area contributed by atoms with Crippen LogP contribution >= 0.6 is 11.6 Å². The number of halogens is 2. The number of hydrogen-bond donors (Lipinski definition) is 2. The minimum Gasteiger partial charge on any atom is -0.319 e. The number of benzene rings is 2. The molecule has 2 aromatic carbocycles. The molecule has 1 amide bonds. The van der Waals surface area contributed by atoms with Crippen molar-refractivity contribution in [2.75, 3.05) is 5.32 Å². The standard InChI is InChI=1S/C17H18ClFN2O3S/c1-3-11(2)21-25(23,24)14-7-4-12(5-8-14)17(22)20-16-9-6-13(18)10-15(16)19/h4-11,21H,3H2,1-2H3,(H,20,22)/t11-/m0/s1. The summed E-state index contributed by atoms with van der Waals surface area (Å²) in [5, 5.41) is 2.64. The molecule has 0 radical (unpaired) electrons. The van der Waals surface area contributed by atoms with E-state index in [1.165, 1.54) is 36.4 Å². The lowest BCUT2D eigenvalue weighted by atomic mass is 10.2. The molecule has 0 heterocycles. The summed E-state index contributed by atoms with van der Waals surface area (Å²) in [6.45, 7) is 3.64. The average molecular weight is 385 g/mol. The Morgan fingerprint density at radius 2 is 1.84 bits per heavy atom. The summed E-state index contributed by atoms with van der Waals surface area (Å²) in [7, 11) is -3.64. The molecule has 134 valence electrons. The molecular weight excluding hydrogens is 367 g/mol. The summed E-state index contributed by atoms with van der Waals surface area (Å²) in [6, 6.07) is 9.10. The van der Waals surface area contributed by atoms with Gasteiger partial charge in [-0.2, -0.15) is 0 Å². The zero-order chi connectivity index (χ0) is 18.6. The van der Waals surface area contributed by atoms with Crippen molar-refractivity contribution in [3.8, 4) is 0 Å². The van der Waals surface area contributed by atoms with Gasteiger partial charge in [-0.25, -0.2) is 17.5 Å². The third-order valence-corrected chi connectivity index (χ3v) is 5.42. The molecule has 0 saturated carbocycles. The minimum absolute atomic E-state index is 0.00969. The van der Waals surface area contributed by atoms with Gasteiger partial charge in [-0.1, -0.05) is 18.5 Å². The van der Waals surface area contributed by atoms with Gasteiger partial charge in [0.15, 0.2) is 0 Å². The van der Waals surface area contributed by atoms with Gasteiger partial charge < -0.3 is 5.32 Å². The van der Waals surface area contributed by atoms with E-state index in [1.807, 2.05) is 6.92 Å². The SMILES string of the molecule is CC[C@H](C)NS(=O)(=O)c1ccc(C(=O)Nc2ccc(Cl)cc2F)cc1. The molecule has 2 aromatic rings. The van der Waals surface area contributed by atoms with Crippen LogP contribution in [-0.2, 0) is 10.0 Å². The number of carbonyl (C=O) groups is 1. The van der Waals surface area contributed by atoms with Crippen LogP contribution in [0.5, 0.6) is 0 Å². The van der Waals surface area contributed by atoms with Gasteiger partial charge in [-0.3, -0.25) is 4.79 Å². The van der Waals surface area contributed by atoms with Crippen LogP contribution in [0.4, 0.5) is 10.1 Å². The summed E-state index contributed by atoms with van der Waals surface area (Å²) in [4.78, 5) is 12.2. The monoisotopic (exact) mass is 384 g/mol. The van der Waals surface area contributed by atoms with E-state index in [-0.39, 0.29) is 27.2 Å². The number of anilines is 1. The fourth-order valence-electron chi connectivity index (χ4n) is 1.99. The fraction of sp³-hybridized carbons (Fsp3) is 0.235. The number of amides is 1. The van der Waals surface area contributed by atoms with Crippen LogP contribution < -0.4 is 10.0 Å². The van der Waals surface area contributed by atoms with Crippen molar-refractivity contribution in [1.82, 2.24) is 4.72 Å². The van der Waals surface area contributed by atoms with Crippen LogP contribution in [0.15, 0.2) is 47.4 Å². The Kier molecular flexibility index (Phi) is 6.16. The Hall–Kier alpha value is -1.96. The smallest absolute Gasteiger partial charge is 0.255 e. The van der Waals surface area contributed by atoms with Crippen molar-refractivity contribution in [3.63, 3.8) is 0 Å². The molecular formula is C17H18ClFN2O3S. The zero-order valence-corrected chi connectivity index (χ0v) is 15.3. The largest absolute Gasteiger partial charge is 0.319 e. The molecule has 0 unspecified atom stereocenters. The summed E-state index contributed by atoms with van der Waals surface area (Å²) in [5.41, 5.74) is 0.196. The molecule has 0 aromatic heterocycles. The van der Waals surface area contributed by atoms with Crippen LogP contribution in [-0.4, -0.2) is 20.4 Å². The van der Waals surface area contributed by atoms with Crippen LogP contribution in [0.3, 0.4) is 0 Å². The maximum absolute atomic E-state index is 13.7. The molecule has 8 heteroatoms. The van der Waals surface area contributed by atoms with Gasteiger partial charge >= 0.3 is 0 Å². The molecule has 0 aliphatic heterocycles. The molecule has 2 N–H and O–H groups in total. The third kappa shape index (κ3) is 5.01. The predicted molar refractivity (Wildman–Crippen MR) is 95.9 cm³/mol. The first-order valence-corrected chi connectivity index (χ1v) is 9.48. The molecule has 2 rings (SSSR count). The quantitative estimate of drug-likeness (QED) is 0.795. The lowest BCUT2D eigenvalue weighted by Crippen LogP contribution is -2.32. The van der Waals surface area contributed by atoms with Gasteiger partial charge in [0.25, 0.3) is 5.91 Å². The highest BCUT2D eigenvalue weighted by molar-refractivity contribution is 7.89. The van der Waals surface area contributed by atoms with Gasteiger partial charge in [0.2, 0.25) is 10.0 Å². The third-order valence-electron chi connectivity index (χ3n) is 3.57. The Labute approximate surface area is 151 Å². The first kappa shape index (κ1) is 19.4. The number of sulfonamides is 1.